The fourth-order valence-corrected chi connectivity index (χ4v) is 2.81. The minimum Gasteiger partial charge on any atom is -0.497 e. The van der Waals surface area contributed by atoms with Crippen molar-refractivity contribution in [2.24, 2.45) is 0 Å². The van der Waals surface area contributed by atoms with E-state index in [-0.39, 0.29) is 5.91 Å². The van der Waals surface area contributed by atoms with E-state index in [2.05, 4.69) is 15.3 Å². The lowest BCUT2D eigenvalue weighted by Crippen LogP contribution is -2.11. The van der Waals surface area contributed by atoms with Crippen molar-refractivity contribution in [2.75, 3.05) is 12.4 Å². The summed E-state index contributed by atoms with van der Waals surface area (Å²) in [5.41, 5.74) is 2.91. The van der Waals surface area contributed by atoms with E-state index in [9.17, 15) is 4.79 Å². The number of nitrogens with one attached hydrogen (secondary N) is 2. The van der Waals surface area contributed by atoms with Crippen molar-refractivity contribution in [3.8, 4) is 5.75 Å². The second-order valence-corrected chi connectivity index (χ2v) is 5.45. The van der Waals surface area contributed by atoms with Crippen molar-refractivity contribution in [3.05, 3.63) is 66.5 Å². The largest absolute Gasteiger partial charge is 0.497 e. The highest BCUT2D eigenvalue weighted by atomic mass is 16.5. The Hall–Kier alpha value is -3.34. The first-order valence-electron chi connectivity index (χ1n) is 7.56. The molecule has 5 nitrogen and oxygen atoms in total. The first kappa shape index (κ1) is 14.3. The van der Waals surface area contributed by atoms with Gasteiger partial charge in [0.05, 0.1) is 23.9 Å². The zero-order chi connectivity index (χ0) is 16.5. The maximum absolute atomic E-state index is 12.7. The van der Waals surface area contributed by atoms with Crippen LogP contribution in [0.1, 0.15) is 10.4 Å². The Labute approximate surface area is 138 Å². The summed E-state index contributed by atoms with van der Waals surface area (Å²) in [4.78, 5) is 20.2. The molecule has 0 radical (unpaired) electrons. The van der Waals surface area contributed by atoms with Gasteiger partial charge < -0.3 is 15.0 Å². The molecule has 0 bridgehead atoms. The Morgan fingerprint density at radius 1 is 1.17 bits per heavy atom. The highest BCUT2D eigenvalue weighted by Gasteiger charge is 2.14. The van der Waals surface area contributed by atoms with Gasteiger partial charge in [0.25, 0.3) is 5.91 Å². The second-order valence-electron chi connectivity index (χ2n) is 5.45. The van der Waals surface area contributed by atoms with Crippen LogP contribution in [0, 0.1) is 0 Å². The number of carbonyl (C=O) groups is 1. The van der Waals surface area contributed by atoms with Crippen LogP contribution in [-0.2, 0) is 0 Å². The summed E-state index contributed by atoms with van der Waals surface area (Å²) in [7, 11) is 1.62. The van der Waals surface area contributed by atoms with Crippen molar-refractivity contribution in [1.82, 2.24) is 9.97 Å². The predicted molar refractivity (Wildman–Crippen MR) is 94.5 cm³/mol. The lowest BCUT2D eigenvalue weighted by molar-refractivity contribution is 0.102. The number of H-pyrrole nitrogens is 1. The average molecular weight is 317 g/mol. The van der Waals surface area contributed by atoms with Crippen molar-refractivity contribution >= 4 is 33.4 Å². The van der Waals surface area contributed by atoms with Crippen LogP contribution in [0.5, 0.6) is 5.75 Å². The number of rotatable bonds is 3. The summed E-state index contributed by atoms with van der Waals surface area (Å²) < 4.78 is 5.21. The Kier molecular flexibility index (Phi) is 3.39. The Balaban J connectivity index is 1.71. The van der Waals surface area contributed by atoms with E-state index < -0.39 is 0 Å². The van der Waals surface area contributed by atoms with Crippen LogP contribution in [0.2, 0.25) is 0 Å². The molecule has 0 saturated heterocycles. The van der Waals surface area contributed by atoms with E-state index in [0.29, 0.717) is 11.3 Å². The third-order valence-electron chi connectivity index (χ3n) is 4.01. The molecule has 0 aliphatic heterocycles. The number of para-hydroxylation sites is 1. The maximum atomic E-state index is 12.7. The average Bonchev–Trinajstić information content (AvgIpc) is 3.05. The van der Waals surface area contributed by atoms with Gasteiger partial charge in [0, 0.05) is 34.7 Å². The second kappa shape index (κ2) is 5.70. The van der Waals surface area contributed by atoms with Gasteiger partial charge >= 0.3 is 0 Å². The van der Waals surface area contributed by atoms with Crippen LogP contribution < -0.4 is 10.1 Å². The smallest absolute Gasteiger partial charge is 0.257 e. The molecule has 24 heavy (non-hydrogen) atoms. The van der Waals surface area contributed by atoms with Gasteiger partial charge in [-0.3, -0.25) is 9.78 Å². The quantitative estimate of drug-likeness (QED) is 0.600. The predicted octanol–water partition coefficient (Wildman–Crippen LogP) is 3.98. The molecule has 0 atom stereocenters. The summed E-state index contributed by atoms with van der Waals surface area (Å²) in [6.45, 7) is 0. The van der Waals surface area contributed by atoms with Crippen molar-refractivity contribution in [3.63, 3.8) is 0 Å². The Bertz CT molecular complexity index is 1050. The molecule has 2 heterocycles. The number of methoxy groups -OCH3 is 1. The Morgan fingerprint density at radius 2 is 2.04 bits per heavy atom. The number of amides is 1. The maximum Gasteiger partial charge on any atom is 0.257 e. The number of aromatic nitrogens is 2. The number of carbonyl (C=O) groups excluding carboxylic acids is 1. The topological polar surface area (TPSA) is 67.0 Å². The molecule has 0 fully saturated rings. The third-order valence-corrected chi connectivity index (χ3v) is 4.01. The van der Waals surface area contributed by atoms with Gasteiger partial charge in [-0.15, -0.1) is 0 Å². The number of nitrogens with zero attached hydrogens (tertiary/aromatic N) is 1. The van der Waals surface area contributed by atoms with Crippen molar-refractivity contribution in [2.45, 2.75) is 0 Å². The molecule has 4 aromatic rings. The zero-order valence-corrected chi connectivity index (χ0v) is 13.0. The third kappa shape index (κ3) is 2.36. The number of benzene rings is 2. The fourth-order valence-electron chi connectivity index (χ4n) is 2.81. The molecule has 2 aromatic carbocycles. The van der Waals surface area contributed by atoms with E-state index in [1.807, 2.05) is 48.5 Å². The number of hydrogen-bond donors (Lipinski definition) is 2. The SMILES string of the molecule is COc1ccc2c(C(=O)Nc3cccc4cccnc34)c[nH]c2c1. The summed E-state index contributed by atoms with van der Waals surface area (Å²) in [5.74, 6) is 0.569. The summed E-state index contributed by atoms with van der Waals surface area (Å²) in [6, 6.07) is 15.1. The van der Waals surface area contributed by atoms with Gasteiger partial charge in [0.2, 0.25) is 0 Å². The lowest BCUT2D eigenvalue weighted by Gasteiger charge is -2.07. The number of anilines is 1. The van der Waals surface area contributed by atoms with E-state index in [1.54, 1.807) is 19.5 Å². The van der Waals surface area contributed by atoms with Crippen LogP contribution in [-0.4, -0.2) is 23.0 Å². The number of aromatic amines is 1. The minimum absolute atomic E-state index is 0.176. The van der Waals surface area contributed by atoms with E-state index in [4.69, 9.17) is 4.74 Å². The standard InChI is InChI=1S/C19H15N3O2/c1-24-13-7-8-14-15(11-21-17(14)10-13)19(23)22-16-6-2-4-12-5-3-9-20-18(12)16/h2-11,21H,1H3,(H,22,23). The molecule has 0 saturated carbocycles. The van der Waals surface area contributed by atoms with Gasteiger partial charge in [-0.1, -0.05) is 18.2 Å². The van der Waals surface area contributed by atoms with E-state index in [1.165, 1.54) is 0 Å². The number of ether oxygens (including phenoxy) is 1. The molecule has 2 aromatic heterocycles. The first-order chi connectivity index (χ1) is 11.8. The van der Waals surface area contributed by atoms with Gasteiger partial charge in [0.15, 0.2) is 0 Å². The van der Waals surface area contributed by atoms with Gasteiger partial charge in [-0.25, -0.2) is 0 Å². The van der Waals surface area contributed by atoms with Crippen LogP contribution in [0.4, 0.5) is 5.69 Å². The lowest BCUT2D eigenvalue weighted by atomic mass is 10.1. The first-order valence-corrected chi connectivity index (χ1v) is 7.56. The summed E-state index contributed by atoms with van der Waals surface area (Å²) in [6.07, 6.45) is 3.42. The van der Waals surface area contributed by atoms with Crippen LogP contribution in [0.25, 0.3) is 21.8 Å². The highest BCUT2D eigenvalue weighted by Crippen LogP contribution is 2.25. The number of fused-ring (bicyclic) bond motifs is 2. The Morgan fingerprint density at radius 3 is 2.92 bits per heavy atom. The molecule has 118 valence electrons. The fraction of sp³-hybridized carbons (Fsp3) is 0.0526. The number of hydrogen-bond acceptors (Lipinski definition) is 3. The number of pyridine rings is 1. The van der Waals surface area contributed by atoms with Crippen molar-refractivity contribution < 1.29 is 9.53 Å². The highest BCUT2D eigenvalue weighted by molar-refractivity contribution is 6.14. The van der Waals surface area contributed by atoms with Gasteiger partial charge in [-0.2, -0.15) is 0 Å². The molecule has 0 unspecified atom stereocenters. The van der Waals surface area contributed by atoms with Crippen LogP contribution in [0.3, 0.4) is 0 Å². The monoisotopic (exact) mass is 317 g/mol. The molecule has 2 N–H and O–H groups in total. The molecule has 4 rings (SSSR count). The van der Waals surface area contributed by atoms with Crippen molar-refractivity contribution in [1.29, 1.82) is 0 Å². The molecule has 0 aliphatic carbocycles. The molecule has 0 aliphatic rings. The molecule has 1 amide bonds. The molecular weight excluding hydrogens is 302 g/mol. The molecular formula is C19H15N3O2. The summed E-state index contributed by atoms with van der Waals surface area (Å²) >= 11 is 0. The van der Waals surface area contributed by atoms with Crippen LogP contribution in [0.15, 0.2) is 60.9 Å². The summed E-state index contributed by atoms with van der Waals surface area (Å²) in [5, 5.41) is 4.79. The van der Waals surface area contributed by atoms with Crippen LogP contribution >= 0.6 is 0 Å². The van der Waals surface area contributed by atoms with E-state index >= 15 is 0 Å². The normalized spacial score (nSPS) is 10.9. The minimum atomic E-state index is -0.176. The molecule has 5 heteroatoms. The zero-order valence-electron chi connectivity index (χ0n) is 13.0. The van der Waals surface area contributed by atoms with Gasteiger partial charge in [-0.05, 0) is 24.3 Å². The van der Waals surface area contributed by atoms with Gasteiger partial charge in [0.1, 0.15) is 5.75 Å². The molecule has 0 spiro atoms. The van der Waals surface area contributed by atoms with E-state index in [0.717, 1.165) is 27.6 Å².